The van der Waals surface area contributed by atoms with Crippen molar-refractivity contribution in [1.29, 1.82) is 0 Å². The molecule has 0 bridgehead atoms. The Morgan fingerprint density at radius 2 is 1.86 bits per heavy atom. The molecule has 0 saturated carbocycles. The van der Waals surface area contributed by atoms with Gasteiger partial charge in [-0.25, -0.2) is 4.39 Å². The van der Waals surface area contributed by atoms with Crippen molar-refractivity contribution in [2.75, 3.05) is 16.0 Å². The number of carbonyl (C=O) groups excluding carboxylic acids is 1. The number of hydrogen-bond donors (Lipinski definition) is 3. The number of anilines is 3. The summed E-state index contributed by atoms with van der Waals surface area (Å²) in [5.74, 6) is -0.640. The van der Waals surface area contributed by atoms with Crippen LogP contribution in [0.4, 0.5) is 21.5 Å². The van der Waals surface area contributed by atoms with Gasteiger partial charge in [0.05, 0.1) is 35.4 Å². The van der Waals surface area contributed by atoms with E-state index in [-0.39, 0.29) is 11.7 Å². The second-order valence-corrected chi connectivity index (χ2v) is 6.43. The van der Waals surface area contributed by atoms with Gasteiger partial charge < -0.3 is 16.0 Å². The fourth-order valence-corrected chi connectivity index (χ4v) is 2.85. The average molecular weight is 375 g/mol. The number of halogens is 1. The number of benzene rings is 2. The number of nitrogens with zero attached hydrogens (tertiary/aromatic N) is 2. The lowest BCUT2D eigenvalue weighted by molar-refractivity contribution is -0.110. The standard InChI is InChI=1S/C21H18FN5O/c1-13-9-24-17(10-23-13)11-25-15-3-5-16(6-4-15)26-12-19-18-7-2-14(22)8-20(18)27-21(19)28/h2-10,12,25-26H,11H2,1H3,(H,27,28)/b19-12+. The second kappa shape index (κ2) is 7.48. The zero-order valence-electron chi connectivity index (χ0n) is 15.2. The van der Waals surface area contributed by atoms with E-state index >= 15 is 0 Å². The molecule has 0 atom stereocenters. The lowest BCUT2D eigenvalue weighted by Crippen LogP contribution is -2.05. The van der Waals surface area contributed by atoms with Gasteiger partial charge in [0.15, 0.2) is 0 Å². The zero-order valence-corrected chi connectivity index (χ0v) is 15.2. The molecular weight excluding hydrogens is 357 g/mol. The largest absolute Gasteiger partial charge is 0.379 e. The molecule has 0 unspecified atom stereocenters. The molecule has 7 heteroatoms. The van der Waals surface area contributed by atoms with Crippen molar-refractivity contribution < 1.29 is 9.18 Å². The average Bonchev–Trinajstić information content (AvgIpc) is 3.01. The Labute approximate surface area is 161 Å². The first kappa shape index (κ1) is 17.7. The molecule has 1 aliphatic heterocycles. The van der Waals surface area contributed by atoms with Crippen LogP contribution in [-0.2, 0) is 11.3 Å². The third kappa shape index (κ3) is 3.83. The Balaban J connectivity index is 1.40. The van der Waals surface area contributed by atoms with Crippen LogP contribution in [-0.4, -0.2) is 15.9 Å². The number of rotatable bonds is 5. The van der Waals surface area contributed by atoms with E-state index in [1.807, 2.05) is 31.2 Å². The van der Waals surface area contributed by atoms with Crippen LogP contribution in [0.1, 0.15) is 17.0 Å². The van der Waals surface area contributed by atoms with Crippen molar-refractivity contribution in [3.8, 4) is 0 Å². The van der Waals surface area contributed by atoms with Crippen LogP contribution in [0.2, 0.25) is 0 Å². The molecular formula is C21H18FN5O. The van der Waals surface area contributed by atoms with Gasteiger partial charge in [-0.2, -0.15) is 0 Å². The van der Waals surface area contributed by atoms with Crippen molar-refractivity contribution in [3.63, 3.8) is 0 Å². The summed E-state index contributed by atoms with van der Waals surface area (Å²) >= 11 is 0. The monoisotopic (exact) mass is 375 g/mol. The highest BCUT2D eigenvalue weighted by atomic mass is 19.1. The second-order valence-electron chi connectivity index (χ2n) is 6.43. The quantitative estimate of drug-likeness (QED) is 0.589. The van der Waals surface area contributed by atoms with Gasteiger partial charge in [-0.1, -0.05) is 0 Å². The van der Waals surface area contributed by atoms with Crippen LogP contribution in [0.15, 0.2) is 61.1 Å². The van der Waals surface area contributed by atoms with Crippen molar-refractivity contribution in [2.45, 2.75) is 13.5 Å². The molecule has 0 spiro atoms. The highest BCUT2D eigenvalue weighted by molar-refractivity contribution is 6.31. The molecule has 28 heavy (non-hydrogen) atoms. The van der Waals surface area contributed by atoms with E-state index in [1.165, 1.54) is 12.1 Å². The predicted octanol–water partition coefficient (Wildman–Crippen LogP) is 3.94. The topological polar surface area (TPSA) is 78.9 Å². The van der Waals surface area contributed by atoms with Crippen LogP contribution in [0.25, 0.3) is 5.57 Å². The Morgan fingerprint density at radius 1 is 1.07 bits per heavy atom. The van der Waals surface area contributed by atoms with Gasteiger partial charge in [0.25, 0.3) is 5.91 Å². The lowest BCUT2D eigenvalue weighted by Gasteiger charge is -2.08. The first-order chi connectivity index (χ1) is 13.6. The smallest absolute Gasteiger partial charge is 0.257 e. The van der Waals surface area contributed by atoms with Crippen molar-refractivity contribution in [1.82, 2.24) is 9.97 Å². The normalized spacial score (nSPS) is 13.9. The van der Waals surface area contributed by atoms with E-state index in [0.29, 0.717) is 23.4 Å². The van der Waals surface area contributed by atoms with E-state index in [1.54, 1.807) is 24.7 Å². The molecule has 0 radical (unpaired) electrons. The van der Waals surface area contributed by atoms with Crippen LogP contribution >= 0.6 is 0 Å². The summed E-state index contributed by atoms with van der Waals surface area (Å²) in [5.41, 5.74) is 5.15. The molecule has 0 fully saturated rings. The molecule has 1 aromatic heterocycles. The summed E-state index contributed by atoms with van der Waals surface area (Å²) in [4.78, 5) is 20.6. The summed E-state index contributed by atoms with van der Waals surface area (Å²) in [6.07, 6.45) is 5.12. The van der Waals surface area contributed by atoms with Gasteiger partial charge >= 0.3 is 0 Å². The number of carbonyl (C=O) groups is 1. The fraction of sp³-hybridized carbons (Fsp3) is 0.0952. The summed E-state index contributed by atoms with van der Waals surface area (Å²) in [6.45, 7) is 2.48. The minimum Gasteiger partial charge on any atom is -0.379 e. The Morgan fingerprint density at radius 3 is 2.61 bits per heavy atom. The van der Waals surface area contributed by atoms with Crippen molar-refractivity contribution >= 4 is 28.5 Å². The van der Waals surface area contributed by atoms with Gasteiger partial charge in [0, 0.05) is 29.3 Å². The molecule has 1 amide bonds. The van der Waals surface area contributed by atoms with Crippen molar-refractivity contribution in [3.05, 3.63) is 83.8 Å². The van der Waals surface area contributed by atoms with E-state index in [0.717, 1.165) is 22.8 Å². The maximum Gasteiger partial charge on any atom is 0.257 e. The van der Waals surface area contributed by atoms with E-state index in [9.17, 15) is 9.18 Å². The number of nitrogens with one attached hydrogen (secondary N) is 3. The van der Waals surface area contributed by atoms with Gasteiger partial charge in [-0.15, -0.1) is 0 Å². The predicted molar refractivity (Wildman–Crippen MR) is 107 cm³/mol. The molecule has 4 rings (SSSR count). The first-order valence-corrected chi connectivity index (χ1v) is 8.78. The number of aryl methyl sites for hydroxylation is 1. The molecule has 2 aromatic carbocycles. The van der Waals surface area contributed by atoms with Crippen LogP contribution in [0.5, 0.6) is 0 Å². The lowest BCUT2D eigenvalue weighted by atomic mass is 10.1. The third-order valence-electron chi connectivity index (χ3n) is 4.34. The maximum absolute atomic E-state index is 13.3. The van der Waals surface area contributed by atoms with Gasteiger partial charge in [0.2, 0.25) is 0 Å². The SMILES string of the molecule is Cc1cnc(CNc2ccc(N/C=C3/C(=O)Nc4cc(F)ccc43)cc2)cn1. The van der Waals surface area contributed by atoms with Crippen LogP contribution in [0.3, 0.4) is 0 Å². The molecule has 0 saturated heterocycles. The zero-order chi connectivity index (χ0) is 19.5. The minimum atomic E-state index is -0.382. The Hall–Kier alpha value is -3.74. The molecule has 3 N–H and O–H groups in total. The molecule has 6 nitrogen and oxygen atoms in total. The molecule has 1 aliphatic rings. The van der Waals surface area contributed by atoms with E-state index in [2.05, 4.69) is 25.9 Å². The Bertz CT molecular complexity index is 1050. The Kier molecular flexibility index (Phi) is 4.72. The molecule has 140 valence electrons. The first-order valence-electron chi connectivity index (χ1n) is 8.78. The number of aromatic nitrogens is 2. The van der Waals surface area contributed by atoms with E-state index in [4.69, 9.17) is 0 Å². The van der Waals surface area contributed by atoms with Gasteiger partial charge in [-0.05, 0) is 49.4 Å². The van der Waals surface area contributed by atoms with Gasteiger partial charge in [-0.3, -0.25) is 14.8 Å². The maximum atomic E-state index is 13.3. The molecule has 0 aliphatic carbocycles. The minimum absolute atomic E-state index is 0.259. The summed E-state index contributed by atoms with van der Waals surface area (Å²) in [6, 6.07) is 11.9. The highest BCUT2D eigenvalue weighted by Gasteiger charge is 2.24. The third-order valence-corrected chi connectivity index (χ3v) is 4.34. The summed E-state index contributed by atoms with van der Waals surface area (Å²) < 4.78 is 13.3. The number of amides is 1. The fourth-order valence-electron chi connectivity index (χ4n) is 2.85. The number of fused-ring (bicyclic) bond motifs is 1. The number of hydrogen-bond acceptors (Lipinski definition) is 5. The summed E-state index contributed by atoms with van der Waals surface area (Å²) in [7, 11) is 0. The highest BCUT2D eigenvalue weighted by Crippen LogP contribution is 2.32. The van der Waals surface area contributed by atoms with E-state index < -0.39 is 0 Å². The van der Waals surface area contributed by atoms with Crippen molar-refractivity contribution in [2.24, 2.45) is 0 Å². The molecule has 3 aromatic rings. The molecule has 2 heterocycles. The summed E-state index contributed by atoms with van der Waals surface area (Å²) in [5, 5.41) is 9.06. The van der Waals surface area contributed by atoms with Crippen LogP contribution < -0.4 is 16.0 Å². The van der Waals surface area contributed by atoms with Gasteiger partial charge in [0.1, 0.15) is 5.82 Å². The van der Waals surface area contributed by atoms with Crippen LogP contribution in [0, 0.1) is 12.7 Å².